The Morgan fingerprint density at radius 3 is 2.90 bits per heavy atom. The predicted molar refractivity (Wildman–Crippen MR) is 114 cm³/mol. The first-order chi connectivity index (χ1) is 14.2. The summed E-state index contributed by atoms with van der Waals surface area (Å²) in [5.74, 6) is 0.271. The zero-order valence-corrected chi connectivity index (χ0v) is 18.0. The number of rotatable bonds is 7. The molecule has 0 bridgehead atoms. The SMILES string of the molecule is Cc1nn(C)c(-n2cc(Cl)c3cccnc32)c1C=CC(=O)NS(=O)(=O)NCC1CC1. The number of carbonyl (C=O) groups excluding carboxylic acids is 1. The number of nitrogens with zero attached hydrogens (tertiary/aromatic N) is 4. The molecule has 1 amide bonds. The van der Waals surface area contributed by atoms with E-state index >= 15 is 0 Å². The number of pyridine rings is 1. The van der Waals surface area contributed by atoms with Crippen LogP contribution in [0.2, 0.25) is 5.02 Å². The molecule has 0 saturated heterocycles. The first-order valence-corrected chi connectivity index (χ1v) is 11.3. The molecule has 1 saturated carbocycles. The Kier molecular flexibility index (Phi) is 5.39. The van der Waals surface area contributed by atoms with Crippen molar-refractivity contribution in [3.63, 3.8) is 0 Å². The molecule has 0 atom stereocenters. The Labute approximate surface area is 178 Å². The molecular weight excluding hydrogens is 428 g/mol. The number of halogens is 1. The van der Waals surface area contributed by atoms with Crippen LogP contribution in [0.25, 0.3) is 22.9 Å². The monoisotopic (exact) mass is 448 g/mol. The molecule has 2 N–H and O–H groups in total. The van der Waals surface area contributed by atoms with Gasteiger partial charge in [-0.15, -0.1) is 0 Å². The van der Waals surface area contributed by atoms with Crippen LogP contribution in [0.15, 0.2) is 30.6 Å². The van der Waals surface area contributed by atoms with Crippen molar-refractivity contribution in [2.75, 3.05) is 6.54 Å². The van der Waals surface area contributed by atoms with Gasteiger partial charge in [0.25, 0.3) is 5.91 Å². The minimum Gasteiger partial charge on any atom is -0.284 e. The van der Waals surface area contributed by atoms with Crippen molar-refractivity contribution in [2.45, 2.75) is 19.8 Å². The molecule has 0 radical (unpaired) electrons. The quantitative estimate of drug-likeness (QED) is 0.537. The van der Waals surface area contributed by atoms with Crippen molar-refractivity contribution in [3.8, 4) is 5.82 Å². The van der Waals surface area contributed by atoms with Gasteiger partial charge in [-0.1, -0.05) is 11.6 Å². The molecule has 1 aliphatic carbocycles. The van der Waals surface area contributed by atoms with E-state index in [1.165, 1.54) is 12.2 Å². The minimum absolute atomic E-state index is 0.340. The molecule has 30 heavy (non-hydrogen) atoms. The molecule has 0 spiro atoms. The molecule has 1 aliphatic rings. The predicted octanol–water partition coefficient (Wildman–Crippen LogP) is 2.09. The second-order valence-corrected chi connectivity index (χ2v) is 9.17. The summed E-state index contributed by atoms with van der Waals surface area (Å²) in [6, 6.07) is 3.67. The van der Waals surface area contributed by atoms with E-state index < -0.39 is 16.1 Å². The van der Waals surface area contributed by atoms with Crippen LogP contribution in [0.4, 0.5) is 0 Å². The lowest BCUT2D eigenvalue weighted by Crippen LogP contribution is -2.40. The lowest BCUT2D eigenvalue weighted by atomic mass is 10.2. The largest absolute Gasteiger partial charge is 0.301 e. The maximum absolute atomic E-state index is 12.2. The molecule has 0 aliphatic heterocycles. The van der Waals surface area contributed by atoms with Crippen LogP contribution in [-0.4, -0.2) is 40.2 Å². The van der Waals surface area contributed by atoms with Crippen LogP contribution in [0, 0.1) is 12.8 Å². The fraction of sp³-hybridized carbons (Fsp3) is 0.316. The third-order valence-electron chi connectivity index (χ3n) is 4.88. The normalized spacial score (nSPS) is 14.6. The van der Waals surface area contributed by atoms with Gasteiger partial charge >= 0.3 is 10.2 Å². The summed E-state index contributed by atoms with van der Waals surface area (Å²) in [6.07, 6.45) is 8.12. The number of amides is 1. The van der Waals surface area contributed by atoms with E-state index in [1.807, 2.05) is 10.8 Å². The Hall–Kier alpha value is -2.69. The smallest absolute Gasteiger partial charge is 0.284 e. The zero-order valence-electron chi connectivity index (χ0n) is 16.5. The highest BCUT2D eigenvalue weighted by Gasteiger charge is 2.24. The van der Waals surface area contributed by atoms with E-state index in [-0.39, 0.29) is 0 Å². The van der Waals surface area contributed by atoms with Crippen LogP contribution >= 0.6 is 11.6 Å². The van der Waals surface area contributed by atoms with E-state index in [9.17, 15) is 13.2 Å². The first-order valence-electron chi connectivity index (χ1n) is 9.40. The van der Waals surface area contributed by atoms with Gasteiger partial charge in [0.2, 0.25) is 0 Å². The van der Waals surface area contributed by atoms with Crippen molar-refractivity contribution in [1.82, 2.24) is 28.8 Å². The van der Waals surface area contributed by atoms with Crippen molar-refractivity contribution >= 4 is 44.8 Å². The van der Waals surface area contributed by atoms with Gasteiger partial charge in [-0.05, 0) is 43.9 Å². The molecule has 0 aromatic carbocycles. The fourth-order valence-corrected chi connectivity index (χ4v) is 4.34. The first kappa shape index (κ1) is 20.6. The summed E-state index contributed by atoms with van der Waals surface area (Å²) < 4.78 is 31.8. The number of carbonyl (C=O) groups is 1. The van der Waals surface area contributed by atoms with Gasteiger partial charge in [0.05, 0.1) is 10.7 Å². The van der Waals surface area contributed by atoms with Crippen LogP contribution < -0.4 is 9.44 Å². The molecule has 9 nitrogen and oxygen atoms in total. The lowest BCUT2D eigenvalue weighted by molar-refractivity contribution is -0.114. The second kappa shape index (κ2) is 7.86. The second-order valence-electron chi connectivity index (χ2n) is 7.26. The van der Waals surface area contributed by atoms with Gasteiger partial charge in [-0.25, -0.2) is 9.71 Å². The maximum Gasteiger partial charge on any atom is 0.301 e. The van der Waals surface area contributed by atoms with E-state index in [2.05, 4.69) is 14.8 Å². The number of hydrogen-bond acceptors (Lipinski definition) is 5. The topological polar surface area (TPSA) is 111 Å². The van der Waals surface area contributed by atoms with Gasteiger partial charge in [0.1, 0.15) is 11.5 Å². The number of fused-ring (bicyclic) bond motifs is 1. The highest BCUT2D eigenvalue weighted by atomic mass is 35.5. The Bertz CT molecular complexity index is 1260. The van der Waals surface area contributed by atoms with Crippen LogP contribution in [0.1, 0.15) is 24.1 Å². The average Bonchev–Trinajstić information content (AvgIpc) is 3.40. The highest BCUT2D eigenvalue weighted by molar-refractivity contribution is 7.88. The summed E-state index contributed by atoms with van der Waals surface area (Å²) in [5.41, 5.74) is 1.96. The molecule has 1 fully saturated rings. The molecule has 11 heteroatoms. The number of nitrogens with one attached hydrogen (secondary N) is 2. The van der Waals surface area contributed by atoms with Crippen molar-refractivity contribution < 1.29 is 13.2 Å². The van der Waals surface area contributed by atoms with Crippen LogP contribution in [0.5, 0.6) is 0 Å². The number of aromatic nitrogens is 4. The van der Waals surface area contributed by atoms with Crippen molar-refractivity contribution in [3.05, 3.63) is 46.9 Å². The van der Waals surface area contributed by atoms with E-state index in [0.717, 1.165) is 18.2 Å². The summed E-state index contributed by atoms with van der Waals surface area (Å²) in [6.45, 7) is 2.14. The van der Waals surface area contributed by atoms with Crippen LogP contribution in [-0.2, 0) is 22.1 Å². The van der Waals surface area contributed by atoms with Gasteiger partial charge in [-0.3, -0.25) is 14.0 Å². The fourth-order valence-electron chi connectivity index (χ4n) is 3.24. The Morgan fingerprint density at radius 2 is 2.17 bits per heavy atom. The standard InChI is InChI=1S/C19H21ClN6O3S/c1-12-14(7-8-17(27)24-30(28,29)22-10-13-5-6-13)19(25(2)23-12)26-11-16(20)15-4-3-9-21-18(15)26/h3-4,7-9,11,13,22H,5-6,10H2,1-2H3,(H,24,27). The van der Waals surface area contributed by atoms with E-state index in [4.69, 9.17) is 11.6 Å². The lowest BCUT2D eigenvalue weighted by Gasteiger charge is -2.07. The molecular formula is C19H21ClN6O3S. The third kappa shape index (κ3) is 4.25. The van der Waals surface area contributed by atoms with Gasteiger partial charge in [-0.2, -0.15) is 18.2 Å². The van der Waals surface area contributed by atoms with Gasteiger partial charge in [0, 0.05) is 43.0 Å². The van der Waals surface area contributed by atoms with Gasteiger partial charge in [0.15, 0.2) is 0 Å². The molecule has 3 aromatic heterocycles. The third-order valence-corrected chi connectivity index (χ3v) is 6.19. The minimum atomic E-state index is -3.89. The maximum atomic E-state index is 12.2. The Morgan fingerprint density at radius 1 is 1.40 bits per heavy atom. The molecule has 3 heterocycles. The van der Waals surface area contributed by atoms with E-state index in [0.29, 0.717) is 40.2 Å². The number of hydrogen-bond donors (Lipinski definition) is 2. The summed E-state index contributed by atoms with van der Waals surface area (Å²) in [5, 5.41) is 5.75. The average molecular weight is 449 g/mol. The molecule has 4 rings (SSSR count). The number of aryl methyl sites for hydroxylation is 2. The van der Waals surface area contributed by atoms with Crippen LogP contribution in [0.3, 0.4) is 0 Å². The summed E-state index contributed by atoms with van der Waals surface area (Å²) >= 11 is 6.35. The summed E-state index contributed by atoms with van der Waals surface area (Å²) in [7, 11) is -2.11. The molecule has 158 valence electrons. The highest BCUT2D eigenvalue weighted by Crippen LogP contribution is 2.29. The summed E-state index contributed by atoms with van der Waals surface area (Å²) in [4.78, 5) is 16.6. The molecule has 0 unspecified atom stereocenters. The van der Waals surface area contributed by atoms with Gasteiger partial charge < -0.3 is 0 Å². The van der Waals surface area contributed by atoms with Crippen molar-refractivity contribution in [2.24, 2.45) is 13.0 Å². The van der Waals surface area contributed by atoms with E-state index in [1.54, 1.807) is 41.7 Å². The Balaban J connectivity index is 1.61. The molecule has 3 aromatic rings. The van der Waals surface area contributed by atoms with Crippen molar-refractivity contribution in [1.29, 1.82) is 0 Å². The zero-order chi connectivity index (χ0) is 21.5.